The number of quaternary nitrogens is 1. The lowest BCUT2D eigenvalue weighted by Crippen LogP contribution is -2.78. The van der Waals surface area contributed by atoms with E-state index in [4.69, 9.17) is 4.74 Å². The topological polar surface area (TPSA) is 124 Å². The summed E-state index contributed by atoms with van der Waals surface area (Å²) in [7, 11) is 1.26. The molecule has 3 rings (SSSR count). The van der Waals surface area contributed by atoms with Gasteiger partial charge >= 0.3 is 5.97 Å². The van der Waals surface area contributed by atoms with E-state index in [0.717, 1.165) is 12.0 Å². The van der Waals surface area contributed by atoms with Gasteiger partial charge < -0.3 is 26.0 Å². The Morgan fingerprint density at radius 2 is 2.04 bits per heavy atom. The average Bonchev–Trinajstić information content (AvgIpc) is 2.85. The van der Waals surface area contributed by atoms with Crippen molar-refractivity contribution in [2.24, 2.45) is 0 Å². The fourth-order valence-corrected chi connectivity index (χ4v) is 3.65. The van der Waals surface area contributed by atoms with E-state index >= 15 is 0 Å². The van der Waals surface area contributed by atoms with Crippen molar-refractivity contribution in [1.82, 2.24) is 5.32 Å². The summed E-state index contributed by atoms with van der Waals surface area (Å²) < 4.78 is 4.83. The van der Waals surface area contributed by atoms with Crippen molar-refractivity contribution in [2.45, 2.75) is 37.3 Å². The quantitative estimate of drug-likeness (QED) is 0.443. The summed E-state index contributed by atoms with van der Waals surface area (Å²) in [5, 5.41) is 21.9. The van der Waals surface area contributed by atoms with Gasteiger partial charge in [-0.2, -0.15) is 0 Å². The van der Waals surface area contributed by atoms with Gasteiger partial charge in [0.25, 0.3) is 5.91 Å². The van der Waals surface area contributed by atoms with Crippen molar-refractivity contribution in [3.63, 3.8) is 0 Å². The van der Waals surface area contributed by atoms with E-state index in [1.807, 2.05) is 18.2 Å². The molecule has 1 aromatic carbocycles. The van der Waals surface area contributed by atoms with Crippen molar-refractivity contribution >= 4 is 11.9 Å². The van der Waals surface area contributed by atoms with Crippen molar-refractivity contribution < 1.29 is 30.3 Å². The zero-order valence-corrected chi connectivity index (χ0v) is 15.8. The van der Waals surface area contributed by atoms with Crippen LogP contribution in [0.2, 0.25) is 0 Å². The van der Waals surface area contributed by atoms with Crippen LogP contribution in [-0.4, -0.2) is 40.8 Å². The van der Waals surface area contributed by atoms with E-state index in [9.17, 15) is 19.8 Å². The third-order valence-corrected chi connectivity index (χ3v) is 5.20. The molecule has 28 heavy (non-hydrogen) atoms. The molecule has 0 bridgehead atoms. The maximum atomic E-state index is 13.0. The first-order valence-corrected chi connectivity index (χ1v) is 9.11. The third-order valence-electron chi connectivity index (χ3n) is 5.20. The van der Waals surface area contributed by atoms with Crippen molar-refractivity contribution in [3.8, 4) is 11.5 Å². The molecular weight excluding hydrogens is 360 g/mol. The summed E-state index contributed by atoms with van der Waals surface area (Å²) in [6.45, 7) is 0. The zero-order chi connectivity index (χ0) is 20.3. The number of aromatic hydroxyl groups is 2. The van der Waals surface area contributed by atoms with E-state index in [1.165, 1.54) is 24.8 Å². The molecule has 6 N–H and O–H groups in total. The van der Waals surface area contributed by atoms with E-state index in [2.05, 4.69) is 17.1 Å². The number of hydrogen-bond acceptors (Lipinski definition) is 5. The smallest absolute Gasteiger partial charge is 0.328 e. The number of carbonyl (C=O) groups excluding carboxylic acids is 2. The molecule has 0 saturated carbocycles. The van der Waals surface area contributed by atoms with E-state index in [-0.39, 0.29) is 23.8 Å². The van der Waals surface area contributed by atoms with Gasteiger partial charge in [0.05, 0.1) is 7.11 Å². The Hall–Kier alpha value is -3.06. The summed E-state index contributed by atoms with van der Waals surface area (Å²) >= 11 is 0. The molecule has 2 atom stereocenters. The predicted octanol–water partition coefficient (Wildman–Crippen LogP) is 0.885. The Labute approximate surface area is 163 Å². The lowest BCUT2D eigenvalue weighted by Gasteiger charge is -2.24. The highest BCUT2D eigenvalue weighted by atomic mass is 16.5. The molecule has 0 heterocycles. The normalized spacial score (nSPS) is 21.8. The number of nitrogens with one attached hydrogen (secondary N) is 1. The van der Waals surface area contributed by atoms with Gasteiger partial charge in [-0.3, -0.25) is 4.79 Å². The number of carbonyl (C=O) groups is 2. The van der Waals surface area contributed by atoms with Crippen LogP contribution in [0.4, 0.5) is 0 Å². The summed E-state index contributed by atoms with van der Waals surface area (Å²) in [6, 6.07) is 3.35. The van der Waals surface area contributed by atoms with Gasteiger partial charge in [0, 0.05) is 19.3 Å². The fourth-order valence-electron chi connectivity index (χ4n) is 3.65. The van der Waals surface area contributed by atoms with Crippen LogP contribution in [0.3, 0.4) is 0 Å². The van der Waals surface area contributed by atoms with Crippen LogP contribution >= 0.6 is 0 Å². The van der Waals surface area contributed by atoms with Crippen molar-refractivity contribution in [2.75, 3.05) is 7.11 Å². The molecule has 0 fully saturated rings. The Morgan fingerprint density at radius 1 is 1.25 bits per heavy atom. The van der Waals surface area contributed by atoms with E-state index in [1.54, 1.807) is 6.07 Å². The average molecular weight is 385 g/mol. The minimum Gasteiger partial charge on any atom is -0.504 e. The molecule has 0 radical (unpaired) electrons. The maximum Gasteiger partial charge on any atom is 0.328 e. The molecular formula is C21H25N2O5+. The van der Waals surface area contributed by atoms with Crippen LogP contribution in [0.15, 0.2) is 53.6 Å². The van der Waals surface area contributed by atoms with Gasteiger partial charge in [0.15, 0.2) is 17.0 Å². The molecule has 2 unspecified atom stereocenters. The molecule has 2 aliphatic rings. The van der Waals surface area contributed by atoms with E-state index < -0.39 is 17.6 Å². The second-order valence-corrected chi connectivity index (χ2v) is 7.33. The van der Waals surface area contributed by atoms with Gasteiger partial charge in [-0.1, -0.05) is 35.9 Å². The highest BCUT2D eigenvalue weighted by Crippen LogP contribution is 2.36. The van der Waals surface area contributed by atoms with E-state index in [0.29, 0.717) is 18.4 Å². The van der Waals surface area contributed by atoms with Crippen LogP contribution < -0.4 is 11.1 Å². The minimum atomic E-state index is -0.920. The van der Waals surface area contributed by atoms with Gasteiger partial charge in [-0.25, -0.2) is 4.79 Å². The number of rotatable bonds is 5. The monoisotopic (exact) mass is 385 g/mol. The molecule has 0 aromatic heterocycles. The number of esters is 1. The lowest BCUT2D eigenvalue weighted by atomic mass is 9.92. The summed E-state index contributed by atoms with van der Waals surface area (Å²) in [5.74, 6) is -1.43. The first kappa shape index (κ1) is 19.7. The third kappa shape index (κ3) is 4.09. The number of phenolic OH excluding ortho intramolecular Hbond substituents is 2. The van der Waals surface area contributed by atoms with Crippen LogP contribution in [0.5, 0.6) is 11.5 Å². The summed E-state index contributed by atoms with van der Waals surface area (Å²) in [4.78, 5) is 25.2. The number of ether oxygens (including phenoxy) is 1. The molecule has 1 amide bonds. The highest BCUT2D eigenvalue weighted by Gasteiger charge is 2.45. The first-order chi connectivity index (χ1) is 13.3. The second-order valence-electron chi connectivity index (χ2n) is 7.33. The SMILES string of the molecule is COC(=O)C(Cc1ccc(O)c(O)c1)NC(=O)C1([NH3+])CC2=C(CC=CC=C2)C1. The molecule has 7 nitrogen and oxygen atoms in total. The Kier molecular flexibility index (Phi) is 5.56. The number of amides is 1. The highest BCUT2D eigenvalue weighted by molar-refractivity contribution is 5.90. The van der Waals surface area contributed by atoms with Gasteiger partial charge in [-0.05, 0) is 29.7 Å². The summed E-state index contributed by atoms with van der Waals surface area (Å²) in [5.41, 5.74) is 6.17. The van der Waals surface area contributed by atoms with Gasteiger partial charge in [-0.15, -0.1) is 0 Å². The summed E-state index contributed by atoms with van der Waals surface area (Å²) in [6.07, 6.45) is 9.98. The zero-order valence-electron chi connectivity index (χ0n) is 15.8. The molecule has 1 aromatic rings. The minimum absolute atomic E-state index is 0.123. The standard InChI is InChI=1S/C21H24N2O5/c1-28-19(26)16(9-13-7-8-17(24)18(25)10-13)23-20(27)21(22)11-14-5-3-2-4-6-15(14)12-21/h2-5,7-8,10,16,24-25H,6,9,11-12,22H2,1H3,(H,23,27)/p+1. The van der Waals surface area contributed by atoms with Crippen molar-refractivity contribution in [3.05, 3.63) is 59.2 Å². The lowest BCUT2D eigenvalue weighted by molar-refractivity contribution is -0.455. The van der Waals surface area contributed by atoms with Crippen LogP contribution in [0.25, 0.3) is 0 Å². The van der Waals surface area contributed by atoms with Gasteiger partial charge in [0.1, 0.15) is 6.04 Å². The number of hydrogen-bond donors (Lipinski definition) is 4. The molecule has 0 aliphatic heterocycles. The Balaban J connectivity index is 1.73. The Bertz CT molecular complexity index is 887. The Morgan fingerprint density at radius 3 is 2.75 bits per heavy atom. The molecule has 7 heteroatoms. The molecule has 148 valence electrons. The second kappa shape index (κ2) is 7.90. The maximum absolute atomic E-state index is 13.0. The predicted molar refractivity (Wildman–Crippen MR) is 102 cm³/mol. The van der Waals surface area contributed by atoms with Crippen LogP contribution in [0, 0.1) is 0 Å². The first-order valence-electron chi connectivity index (χ1n) is 9.11. The molecule has 2 aliphatic carbocycles. The van der Waals surface area contributed by atoms with Gasteiger partial charge in [0.2, 0.25) is 0 Å². The number of phenols is 2. The number of allylic oxidation sites excluding steroid dienone is 4. The van der Waals surface area contributed by atoms with Crippen LogP contribution in [-0.2, 0) is 20.7 Å². The molecule has 0 spiro atoms. The molecule has 0 saturated heterocycles. The number of benzene rings is 1. The van der Waals surface area contributed by atoms with Crippen LogP contribution in [0.1, 0.15) is 24.8 Å². The number of methoxy groups -OCH3 is 1. The fraction of sp³-hybridized carbons (Fsp3) is 0.333. The largest absolute Gasteiger partial charge is 0.504 e. The van der Waals surface area contributed by atoms with Crippen molar-refractivity contribution in [1.29, 1.82) is 0 Å².